The number of ether oxygens (including phenoxy) is 4. The second-order valence-corrected chi connectivity index (χ2v) is 12.1. The van der Waals surface area contributed by atoms with Gasteiger partial charge in [-0.3, -0.25) is 4.79 Å². The summed E-state index contributed by atoms with van der Waals surface area (Å²) in [5, 5.41) is 9.09. The van der Waals surface area contributed by atoms with Gasteiger partial charge < -0.3 is 34.5 Å². The minimum absolute atomic E-state index is 0.0511. The summed E-state index contributed by atoms with van der Waals surface area (Å²) >= 11 is 13.6. The molecule has 2 atom stereocenters. The Bertz CT molecular complexity index is 1460. The number of amides is 1. The third-order valence-corrected chi connectivity index (χ3v) is 9.26. The molecule has 224 valence electrons. The lowest BCUT2D eigenvalue weighted by atomic mass is 9.73. The molecule has 0 aliphatic carbocycles. The Morgan fingerprint density at radius 1 is 1.02 bits per heavy atom. The van der Waals surface area contributed by atoms with Crippen LogP contribution in [-0.2, 0) is 14.3 Å². The molecule has 3 fully saturated rings. The van der Waals surface area contributed by atoms with Crippen molar-refractivity contribution in [3.05, 3.63) is 34.4 Å². The Kier molecular flexibility index (Phi) is 8.24. The molecule has 1 aromatic carbocycles. The number of nitrogens with zero attached hydrogens (tertiary/aromatic N) is 3. The zero-order valence-corrected chi connectivity index (χ0v) is 25.5. The average molecular weight is 617 g/mol. The normalized spacial score (nSPS) is 21.6. The second kappa shape index (κ2) is 11.9. The number of hydrogen-bond acceptors (Lipinski definition) is 9. The van der Waals surface area contributed by atoms with Gasteiger partial charge in [0.2, 0.25) is 5.91 Å². The molecule has 5 heterocycles. The Morgan fingerprint density at radius 3 is 2.40 bits per heavy atom. The first-order valence-electron chi connectivity index (χ1n) is 14.2. The van der Waals surface area contributed by atoms with Gasteiger partial charge in [0.05, 0.1) is 48.6 Å². The molecule has 6 rings (SSSR count). The largest absolute Gasteiger partial charge is 0.495 e. The summed E-state index contributed by atoms with van der Waals surface area (Å²) in [7, 11) is 3.11. The van der Waals surface area contributed by atoms with Crippen molar-refractivity contribution in [1.29, 1.82) is 0 Å². The molecule has 3 aliphatic heterocycles. The van der Waals surface area contributed by atoms with Crippen molar-refractivity contribution in [2.45, 2.75) is 38.3 Å². The second-order valence-electron chi connectivity index (χ2n) is 11.3. The molecule has 0 unspecified atom stereocenters. The number of hydrogen-bond donors (Lipinski definition) is 2. The van der Waals surface area contributed by atoms with Gasteiger partial charge in [-0.15, -0.1) is 0 Å². The van der Waals surface area contributed by atoms with Gasteiger partial charge in [-0.05, 0) is 31.4 Å². The van der Waals surface area contributed by atoms with Crippen molar-refractivity contribution < 1.29 is 23.7 Å². The first-order valence-corrected chi connectivity index (χ1v) is 14.9. The van der Waals surface area contributed by atoms with Crippen molar-refractivity contribution in [1.82, 2.24) is 15.3 Å². The van der Waals surface area contributed by atoms with E-state index in [2.05, 4.69) is 15.5 Å². The fourth-order valence-electron chi connectivity index (χ4n) is 6.22. The van der Waals surface area contributed by atoms with Crippen molar-refractivity contribution in [2.24, 2.45) is 5.41 Å². The summed E-state index contributed by atoms with van der Waals surface area (Å²) in [6.45, 7) is 5.95. The van der Waals surface area contributed by atoms with Crippen LogP contribution in [0.3, 0.4) is 0 Å². The van der Waals surface area contributed by atoms with Crippen LogP contribution in [0.5, 0.6) is 11.5 Å². The van der Waals surface area contributed by atoms with E-state index in [0.717, 1.165) is 62.2 Å². The molecule has 1 amide bonds. The van der Waals surface area contributed by atoms with Crippen LogP contribution in [0.2, 0.25) is 10.0 Å². The van der Waals surface area contributed by atoms with E-state index in [1.807, 2.05) is 18.3 Å². The van der Waals surface area contributed by atoms with Gasteiger partial charge in [-0.25, -0.2) is 9.97 Å². The maximum atomic E-state index is 11.8. The number of carbonyl (C=O) groups is 1. The highest BCUT2D eigenvalue weighted by Crippen LogP contribution is 2.48. The van der Waals surface area contributed by atoms with Gasteiger partial charge in [-0.2, -0.15) is 0 Å². The van der Waals surface area contributed by atoms with Crippen LogP contribution in [0, 0.1) is 5.41 Å². The fraction of sp³-hybridized carbons (Fsp3) is 0.500. The van der Waals surface area contributed by atoms with Gasteiger partial charge in [-0.1, -0.05) is 23.2 Å². The number of anilines is 2. The highest BCUT2D eigenvalue weighted by Gasteiger charge is 2.45. The van der Waals surface area contributed by atoms with Crippen molar-refractivity contribution in [2.75, 3.05) is 64.0 Å². The molecule has 2 N–H and O–H groups in total. The Labute approximate surface area is 255 Å². The zero-order chi connectivity index (χ0) is 29.4. The summed E-state index contributed by atoms with van der Waals surface area (Å²) in [6.07, 6.45) is 4.62. The minimum Gasteiger partial charge on any atom is -0.495 e. The summed E-state index contributed by atoms with van der Waals surface area (Å²) in [4.78, 5) is 24.0. The first-order chi connectivity index (χ1) is 20.3. The van der Waals surface area contributed by atoms with Gasteiger partial charge in [0, 0.05) is 73.8 Å². The fourth-order valence-corrected chi connectivity index (χ4v) is 6.92. The number of nitrogens with one attached hydrogen (secondary N) is 2. The van der Waals surface area contributed by atoms with Crippen LogP contribution in [0.25, 0.3) is 22.0 Å². The maximum absolute atomic E-state index is 11.8. The van der Waals surface area contributed by atoms with Crippen molar-refractivity contribution in [3.8, 4) is 22.8 Å². The Morgan fingerprint density at radius 2 is 1.74 bits per heavy atom. The summed E-state index contributed by atoms with van der Waals surface area (Å²) < 4.78 is 22.4. The molecule has 0 bridgehead atoms. The SMILES string of the molecule is COc1cc(OC)c(Cl)c(-c2cc3cnc(N[C@@H]4COCC[C@@H]4NC(C)=O)cc3c(N3CC4(CCOCC4)C3)n2)c1Cl. The lowest BCUT2D eigenvalue weighted by molar-refractivity contribution is -0.120. The van der Waals surface area contributed by atoms with Gasteiger partial charge >= 0.3 is 0 Å². The van der Waals surface area contributed by atoms with E-state index < -0.39 is 0 Å². The highest BCUT2D eigenvalue weighted by atomic mass is 35.5. The molecule has 12 heteroatoms. The third-order valence-electron chi connectivity index (χ3n) is 8.51. The number of carbonyl (C=O) groups excluding carboxylic acids is 1. The third kappa shape index (κ3) is 5.53. The van der Waals surface area contributed by atoms with Crippen LogP contribution >= 0.6 is 23.2 Å². The zero-order valence-electron chi connectivity index (χ0n) is 24.0. The molecule has 0 radical (unpaired) electrons. The lowest BCUT2D eigenvalue weighted by Gasteiger charge is -2.53. The summed E-state index contributed by atoms with van der Waals surface area (Å²) in [5.74, 6) is 2.34. The quantitative estimate of drug-likeness (QED) is 0.382. The van der Waals surface area contributed by atoms with Gasteiger partial charge in [0.15, 0.2) is 0 Å². The number of benzene rings is 1. The first kappa shape index (κ1) is 29.0. The van der Waals surface area contributed by atoms with Crippen LogP contribution < -0.4 is 25.0 Å². The number of aromatic nitrogens is 2. The molecule has 1 spiro atoms. The number of methoxy groups -OCH3 is 2. The molecule has 3 aromatic rings. The Balaban J connectivity index is 1.42. The van der Waals surface area contributed by atoms with Crippen LogP contribution in [0.15, 0.2) is 24.4 Å². The number of fused-ring (bicyclic) bond motifs is 1. The molecule has 42 heavy (non-hydrogen) atoms. The predicted molar refractivity (Wildman–Crippen MR) is 163 cm³/mol. The van der Waals surface area contributed by atoms with Crippen LogP contribution in [0.4, 0.5) is 11.6 Å². The van der Waals surface area contributed by atoms with Gasteiger partial charge in [0.1, 0.15) is 23.1 Å². The Hall–Kier alpha value is -3.05. The van der Waals surface area contributed by atoms with E-state index in [0.29, 0.717) is 51.8 Å². The monoisotopic (exact) mass is 615 g/mol. The molecule has 2 aromatic heterocycles. The van der Waals surface area contributed by atoms with E-state index in [4.69, 9.17) is 52.1 Å². The number of pyridine rings is 2. The topological polar surface area (TPSA) is 107 Å². The number of rotatable bonds is 7. The van der Waals surface area contributed by atoms with Crippen LogP contribution in [-0.4, -0.2) is 81.7 Å². The minimum atomic E-state index is -0.111. The van der Waals surface area contributed by atoms with Crippen molar-refractivity contribution >= 4 is 51.5 Å². The molecule has 0 saturated carbocycles. The van der Waals surface area contributed by atoms with E-state index in [1.165, 1.54) is 6.92 Å². The molecular weight excluding hydrogens is 581 g/mol. The van der Waals surface area contributed by atoms with Crippen molar-refractivity contribution in [3.63, 3.8) is 0 Å². The van der Waals surface area contributed by atoms with E-state index >= 15 is 0 Å². The smallest absolute Gasteiger partial charge is 0.217 e. The molecule has 10 nitrogen and oxygen atoms in total. The van der Waals surface area contributed by atoms with Crippen LogP contribution in [0.1, 0.15) is 26.2 Å². The van der Waals surface area contributed by atoms with E-state index in [1.54, 1.807) is 20.3 Å². The van der Waals surface area contributed by atoms with E-state index in [9.17, 15) is 4.79 Å². The summed E-state index contributed by atoms with van der Waals surface area (Å²) in [6, 6.07) is 5.47. The lowest BCUT2D eigenvalue weighted by Crippen LogP contribution is -2.58. The predicted octanol–water partition coefficient (Wildman–Crippen LogP) is 4.94. The van der Waals surface area contributed by atoms with E-state index in [-0.39, 0.29) is 23.4 Å². The summed E-state index contributed by atoms with van der Waals surface area (Å²) in [5.41, 5.74) is 1.38. The standard InChI is InChI=1S/C30H35Cl2N5O5/c1-17(38)34-20-4-7-42-14-22(20)35-25-11-19-18(13-33-25)10-21(26-27(31)23(39-2)12-24(40-3)28(26)32)36-29(19)37-15-30(16-37)5-8-41-9-6-30/h10-13,20,22H,4-9,14-16H2,1-3H3,(H,33,35)(H,34,38)/t20-,22+/m0/s1. The average Bonchev–Trinajstić information content (AvgIpc) is 2.97. The maximum Gasteiger partial charge on any atom is 0.217 e. The molecule has 3 saturated heterocycles. The highest BCUT2D eigenvalue weighted by molar-refractivity contribution is 6.41. The molecular formula is C30H35Cl2N5O5. The van der Waals surface area contributed by atoms with Gasteiger partial charge in [0.25, 0.3) is 0 Å². The molecule has 3 aliphatic rings. The number of halogens is 2.